The highest BCUT2D eigenvalue weighted by Gasteiger charge is 2.28. The fraction of sp³-hybridized carbons (Fsp3) is 0.308. The summed E-state index contributed by atoms with van der Waals surface area (Å²) in [6, 6.07) is 12.1. The SMILES string of the molecule is C.COc1cc(/C=C2\CCCN([C@@H](C)c3ccc(F)cc3)C2=O)ccc1-n1cnc(C)c1. The van der Waals surface area contributed by atoms with Gasteiger partial charge in [0.1, 0.15) is 11.6 Å². The zero-order valence-electron chi connectivity index (χ0n) is 18.0. The lowest BCUT2D eigenvalue weighted by Gasteiger charge is -2.34. The van der Waals surface area contributed by atoms with E-state index in [9.17, 15) is 9.18 Å². The molecule has 168 valence electrons. The Morgan fingerprint density at radius 1 is 1.19 bits per heavy atom. The van der Waals surface area contributed by atoms with Gasteiger partial charge in [0.15, 0.2) is 0 Å². The molecule has 0 aliphatic carbocycles. The number of piperidine rings is 1. The minimum Gasteiger partial charge on any atom is -0.495 e. The minimum absolute atomic E-state index is 0. The highest BCUT2D eigenvalue weighted by atomic mass is 19.1. The number of nitrogens with zero attached hydrogens (tertiary/aromatic N) is 3. The second-order valence-corrected chi connectivity index (χ2v) is 7.85. The Morgan fingerprint density at radius 3 is 2.59 bits per heavy atom. The second-order valence-electron chi connectivity index (χ2n) is 7.85. The third-order valence-corrected chi connectivity index (χ3v) is 5.74. The molecule has 32 heavy (non-hydrogen) atoms. The summed E-state index contributed by atoms with van der Waals surface area (Å²) in [7, 11) is 1.64. The van der Waals surface area contributed by atoms with Gasteiger partial charge >= 0.3 is 0 Å². The molecule has 0 radical (unpaired) electrons. The number of benzene rings is 2. The average molecular weight is 436 g/mol. The Hall–Kier alpha value is -3.41. The molecule has 2 heterocycles. The third kappa shape index (κ3) is 4.74. The number of likely N-dealkylation sites (tertiary alicyclic amines) is 1. The molecule has 2 aromatic carbocycles. The van der Waals surface area contributed by atoms with Crippen molar-refractivity contribution in [2.24, 2.45) is 0 Å². The van der Waals surface area contributed by atoms with Crippen LogP contribution in [0, 0.1) is 12.7 Å². The summed E-state index contributed by atoms with van der Waals surface area (Å²) in [5.74, 6) is 0.465. The van der Waals surface area contributed by atoms with Crippen molar-refractivity contribution in [3.05, 3.63) is 83.2 Å². The van der Waals surface area contributed by atoms with Crippen LogP contribution < -0.4 is 4.74 Å². The third-order valence-electron chi connectivity index (χ3n) is 5.74. The van der Waals surface area contributed by atoms with E-state index in [-0.39, 0.29) is 25.2 Å². The van der Waals surface area contributed by atoms with Gasteiger partial charge in [-0.15, -0.1) is 0 Å². The number of carbonyl (C=O) groups is 1. The molecule has 1 atom stereocenters. The highest BCUT2D eigenvalue weighted by molar-refractivity contribution is 5.98. The zero-order valence-corrected chi connectivity index (χ0v) is 18.0. The number of aromatic nitrogens is 2. The van der Waals surface area contributed by atoms with Gasteiger partial charge in [0.05, 0.1) is 30.9 Å². The largest absolute Gasteiger partial charge is 0.495 e. The van der Waals surface area contributed by atoms with E-state index >= 15 is 0 Å². The van der Waals surface area contributed by atoms with Crippen molar-refractivity contribution in [1.29, 1.82) is 0 Å². The summed E-state index contributed by atoms with van der Waals surface area (Å²) in [5, 5.41) is 0. The van der Waals surface area contributed by atoms with Crippen LogP contribution in [0.15, 0.2) is 60.6 Å². The molecule has 1 saturated heterocycles. The number of amides is 1. The van der Waals surface area contributed by atoms with E-state index in [1.54, 1.807) is 25.6 Å². The molecular weight excluding hydrogens is 405 g/mol. The molecule has 0 bridgehead atoms. The van der Waals surface area contributed by atoms with E-state index in [4.69, 9.17) is 4.74 Å². The van der Waals surface area contributed by atoms with E-state index < -0.39 is 0 Å². The average Bonchev–Trinajstić information content (AvgIpc) is 3.21. The van der Waals surface area contributed by atoms with Crippen molar-refractivity contribution in [3.8, 4) is 11.4 Å². The highest BCUT2D eigenvalue weighted by Crippen LogP contribution is 2.30. The topological polar surface area (TPSA) is 47.4 Å². The van der Waals surface area contributed by atoms with Crippen LogP contribution in [0.5, 0.6) is 5.75 Å². The fourth-order valence-electron chi connectivity index (χ4n) is 4.01. The molecule has 1 aliphatic heterocycles. The van der Waals surface area contributed by atoms with Crippen LogP contribution in [0.4, 0.5) is 4.39 Å². The Bertz CT molecular complexity index is 1120. The number of ether oxygens (including phenoxy) is 1. The summed E-state index contributed by atoms with van der Waals surface area (Å²) < 4.78 is 20.8. The number of imidazole rings is 1. The van der Waals surface area contributed by atoms with Crippen molar-refractivity contribution in [3.63, 3.8) is 0 Å². The Kier molecular flexibility index (Phi) is 7.13. The monoisotopic (exact) mass is 435 g/mol. The van der Waals surface area contributed by atoms with Crippen LogP contribution in [0.3, 0.4) is 0 Å². The van der Waals surface area contributed by atoms with E-state index in [2.05, 4.69) is 4.98 Å². The number of rotatable bonds is 5. The quantitative estimate of drug-likeness (QED) is 0.481. The molecule has 0 spiro atoms. The molecule has 3 aromatic rings. The normalized spacial score (nSPS) is 16.1. The first kappa shape index (κ1) is 23.3. The first-order valence-electron chi connectivity index (χ1n) is 10.4. The Labute approximate surface area is 189 Å². The summed E-state index contributed by atoms with van der Waals surface area (Å²) in [6.07, 6.45) is 7.26. The lowest BCUT2D eigenvalue weighted by molar-refractivity contribution is -0.130. The van der Waals surface area contributed by atoms with Gasteiger partial charge in [0, 0.05) is 18.3 Å². The maximum absolute atomic E-state index is 13.3. The molecular formula is C26H30FN3O2. The predicted molar refractivity (Wildman–Crippen MR) is 125 cm³/mol. The number of halogens is 1. The molecule has 0 unspecified atom stereocenters. The van der Waals surface area contributed by atoms with Crippen LogP contribution in [-0.2, 0) is 4.79 Å². The van der Waals surface area contributed by atoms with Gasteiger partial charge in [-0.2, -0.15) is 0 Å². The molecule has 5 nitrogen and oxygen atoms in total. The maximum Gasteiger partial charge on any atom is 0.250 e. The van der Waals surface area contributed by atoms with Crippen molar-refractivity contribution in [2.45, 2.75) is 40.2 Å². The van der Waals surface area contributed by atoms with Crippen LogP contribution >= 0.6 is 0 Å². The van der Waals surface area contributed by atoms with Crippen LogP contribution in [-0.4, -0.2) is 34.0 Å². The number of methoxy groups -OCH3 is 1. The lowest BCUT2D eigenvalue weighted by Crippen LogP contribution is -2.38. The molecule has 1 aliphatic rings. The number of aryl methyl sites for hydroxylation is 1. The fourth-order valence-corrected chi connectivity index (χ4v) is 4.01. The molecule has 1 aromatic heterocycles. The van der Waals surface area contributed by atoms with Crippen molar-refractivity contribution in [1.82, 2.24) is 14.5 Å². The van der Waals surface area contributed by atoms with Gasteiger partial charge in [-0.05, 0) is 68.2 Å². The van der Waals surface area contributed by atoms with E-state index in [1.165, 1.54) is 12.1 Å². The maximum atomic E-state index is 13.3. The van der Waals surface area contributed by atoms with Gasteiger partial charge in [-0.1, -0.05) is 25.6 Å². The van der Waals surface area contributed by atoms with Crippen LogP contribution in [0.25, 0.3) is 11.8 Å². The molecule has 1 amide bonds. The first-order valence-corrected chi connectivity index (χ1v) is 10.4. The van der Waals surface area contributed by atoms with Gasteiger partial charge in [0.2, 0.25) is 5.91 Å². The first-order chi connectivity index (χ1) is 15.0. The Balaban J connectivity index is 0.00000289. The van der Waals surface area contributed by atoms with E-state index in [1.807, 2.05) is 53.8 Å². The molecule has 1 fully saturated rings. The van der Waals surface area contributed by atoms with Gasteiger partial charge in [0.25, 0.3) is 0 Å². The van der Waals surface area contributed by atoms with Crippen molar-refractivity contribution >= 4 is 12.0 Å². The van der Waals surface area contributed by atoms with E-state index in [0.717, 1.165) is 40.9 Å². The van der Waals surface area contributed by atoms with Crippen LogP contribution in [0.2, 0.25) is 0 Å². The minimum atomic E-state index is -0.273. The molecule has 0 saturated carbocycles. The van der Waals surface area contributed by atoms with Gasteiger partial charge < -0.3 is 14.2 Å². The second kappa shape index (κ2) is 9.81. The van der Waals surface area contributed by atoms with Crippen molar-refractivity contribution < 1.29 is 13.9 Å². The van der Waals surface area contributed by atoms with Gasteiger partial charge in [-0.3, -0.25) is 4.79 Å². The Morgan fingerprint density at radius 2 is 1.94 bits per heavy atom. The van der Waals surface area contributed by atoms with Crippen molar-refractivity contribution in [2.75, 3.05) is 13.7 Å². The van der Waals surface area contributed by atoms with Crippen LogP contribution in [0.1, 0.15) is 50.1 Å². The zero-order chi connectivity index (χ0) is 22.0. The number of hydrogen-bond acceptors (Lipinski definition) is 3. The predicted octanol–water partition coefficient (Wildman–Crippen LogP) is 5.73. The molecule has 0 N–H and O–H groups in total. The number of hydrogen-bond donors (Lipinski definition) is 0. The van der Waals surface area contributed by atoms with Gasteiger partial charge in [-0.25, -0.2) is 9.37 Å². The standard InChI is InChI=1S/C25H26FN3O2.CH4/c1-17-15-28(16-27-17)23-11-6-19(14-24(23)31-3)13-21-5-4-12-29(25(21)30)18(2)20-7-9-22(26)10-8-20;/h6-11,13-16,18H,4-5,12H2,1-3H3;1H4/b21-13+;/t18-;/m0./s1. The number of carbonyl (C=O) groups excluding carboxylic acids is 1. The summed E-state index contributed by atoms with van der Waals surface area (Å²) >= 11 is 0. The summed E-state index contributed by atoms with van der Waals surface area (Å²) in [5.41, 5.74) is 4.44. The molecule has 4 rings (SSSR count). The van der Waals surface area contributed by atoms with E-state index in [0.29, 0.717) is 12.3 Å². The summed E-state index contributed by atoms with van der Waals surface area (Å²) in [4.78, 5) is 19.3. The molecule has 6 heteroatoms. The summed E-state index contributed by atoms with van der Waals surface area (Å²) in [6.45, 7) is 4.62. The smallest absolute Gasteiger partial charge is 0.250 e. The lowest BCUT2D eigenvalue weighted by atomic mass is 9.97.